The minimum atomic E-state index is 0.209. The van der Waals surface area contributed by atoms with Crippen molar-refractivity contribution in [3.63, 3.8) is 0 Å². The van der Waals surface area contributed by atoms with E-state index in [9.17, 15) is 4.79 Å². The van der Waals surface area contributed by atoms with Crippen molar-refractivity contribution in [3.05, 3.63) is 0 Å². The van der Waals surface area contributed by atoms with E-state index in [0.29, 0.717) is 18.4 Å². The fourth-order valence-corrected chi connectivity index (χ4v) is 2.00. The monoisotopic (exact) mass is 183 g/mol. The van der Waals surface area contributed by atoms with E-state index in [4.69, 9.17) is 0 Å². The van der Waals surface area contributed by atoms with Crippen LogP contribution in [0.3, 0.4) is 0 Å². The Morgan fingerprint density at radius 2 is 2.00 bits per heavy atom. The summed E-state index contributed by atoms with van der Waals surface area (Å²) in [6.45, 7) is 9.51. The molecule has 0 aromatic heterocycles. The largest absolute Gasteiger partial charge is 0.340 e. The molecule has 0 unspecified atom stereocenters. The lowest BCUT2D eigenvalue weighted by atomic mass is 9.85. The van der Waals surface area contributed by atoms with Gasteiger partial charge in [0, 0.05) is 19.0 Å². The van der Waals surface area contributed by atoms with Crippen LogP contribution < -0.4 is 0 Å². The third kappa shape index (κ3) is 2.71. The van der Waals surface area contributed by atoms with Crippen LogP contribution in [0, 0.1) is 5.41 Å². The van der Waals surface area contributed by atoms with E-state index in [1.54, 1.807) is 0 Å². The average Bonchev–Trinajstić information content (AvgIpc) is 2.06. The highest BCUT2D eigenvalue weighted by molar-refractivity contribution is 5.77. The number of likely N-dealkylation sites (tertiary alicyclic amines) is 1. The molecule has 0 spiro atoms. The van der Waals surface area contributed by atoms with Gasteiger partial charge in [0.25, 0.3) is 0 Å². The number of rotatable bonds is 1. The zero-order valence-electron chi connectivity index (χ0n) is 9.26. The standard InChI is InChI=1S/C11H21NO/c1-9(2)12-7-5-6-11(3,4)8-10(12)13/h9H,5-8H2,1-4H3. The van der Waals surface area contributed by atoms with Gasteiger partial charge in [0.15, 0.2) is 0 Å². The second-order valence-electron chi connectivity index (χ2n) is 5.13. The van der Waals surface area contributed by atoms with Crippen LogP contribution in [0.5, 0.6) is 0 Å². The molecule has 1 saturated heterocycles. The molecule has 1 rings (SSSR count). The summed E-state index contributed by atoms with van der Waals surface area (Å²) in [5, 5.41) is 0. The maximum absolute atomic E-state index is 11.8. The molecular formula is C11H21NO. The highest BCUT2D eigenvalue weighted by atomic mass is 16.2. The molecule has 2 nitrogen and oxygen atoms in total. The Balaban J connectivity index is 2.68. The Hall–Kier alpha value is -0.530. The van der Waals surface area contributed by atoms with E-state index in [2.05, 4.69) is 27.7 Å². The fourth-order valence-electron chi connectivity index (χ4n) is 2.00. The van der Waals surface area contributed by atoms with Crippen LogP contribution >= 0.6 is 0 Å². The number of nitrogens with zero attached hydrogens (tertiary/aromatic N) is 1. The Kier molecular flexibility index (Phi) is 2.99. The molecule has 0 radical (unpaired) electrons. The van der Waals surface area contributed by atoms with E-state index in [1.165, 1.54) is 6.42 Å². The van der Waals surface area contributed by atoms with Crippen LogP contribution in [0.25, 0.3) is 0 Å². The minimum absolute atomic E-state index is 0.209. The van der Waals surface area contributed by atoms with Crippen molar-refractivity contribution in [1.82, 2.24) is 4.90 Å². The van der Waals surface area contributed by atoms with Gasteiger partial charge in [0.2, 0.25) is 5.91 Å². The van der Waals surface area contributed by atoms with Crippen molar-refractivity contribution in [2.75, 3.05) is 6.54 Å². The van der Waals surface area contributed by atoms with Crippen LogP contribution in [0.4, 0.5) is 0 Å². The topological polar surface area (TPSA) is 20.3 Å². The maximum atomic E-state index is 11.8. The van der Waals surface area contributed by atoms with Crippen molar-refractivity contribution in [2.45, 2.75) is 53.0 Å². The molecule has 0 aromatic carbocycles. The second kappa shape index (κ2) is 3.69. The van der Waals surface area contributed by atoms with Crippen molar-refractivity contribution < 1.29 is 4.79 Å². The van der Waals surface area contributed by atoms with Gasteiger partial charge in [0.05, 0.1) is 0 Å². The van der Waals surface area contributed by atoms with Gasteiger partial charge >= 0.3 is 0 Å². The summed E-state index contributed by atoms with van der Waals surface area (Å²) in [6.07, 6.45) is 3.03. The second-order valence-corrected chi connectivity index (χ2v) is 5.13. The molecule has 1 heterocycles. The van der Waals surface area contributed by atoms with Crippen molar-refractivity contribution in [2.24, 2.45) is 5.41 Å². The first kappa shape index (κ1) is 10.6. The van der Waals surface area contributed by atoms with Gasteiger partial charge in [-0.05, 0) is 32.1 Å². The predicted molar refractivity (Wildman–Crippen MR) is 54.5 cm³/mol. The molecule has 1 fully saturated rings. The SMILES string of the molecule is CC(C)N1CCCC(C)(C)CC1=O. The molecule has 1 aliphatic heterocycles. The van der Waals surface area contributed by atoms with E-state index in [0.717, 1.165) is 13.0 Å². The number of hydrogen-bond donors (Lipinski definition) is 0. The van der Waals surface area contributed by atoms with Crippen LogP contribution in [-0.4, -0.2) is 23.4 Å². The molecule has 0 N–H and O–H groups in total. The normalized spacial score (nSPS) is 23.5. The van der Waals surface area contributed by atoms with E-state index in [1.807, 2.05) is 4.90 Å². The molecule has 76 valence electrons. The predicted octanol–water partition coefficient (Wildman–Crippen LogP) is 2.43. The first-order valence-electron chi connectivity index (χ1n) is 5.22. The van der Waals surface area contributed by atoms with Crippen LogP contribution in [-0.2, 0) is 4.79 Å². The smallest absolute Gasteiger partial charge is 0.223 e. The molecule has 0 aromatic rings. The summed E-state index contributed by atoms with van der Waals surface area (Å²) in [5.74, 6) is 0.331. The first-order chi connectivity index (χ1) is 5.92. The minimum Gasteiger partial charge on any atom is -0.340 e. The summed E-state index contributed by atoms with van der Waals surface area (Å²) in [7, 11) is 0. The molecule has 0 aliphatic carbocycles. The van der Waals surface area contributed by atoms with Crippen molar-refractivity contribution in [1.29, 1.82) is 0 Å². The van der Waals surface area contributed by atoms with Gasteiger partial charge in [-0.1, -0.05) is 13.8 Å². The first-order valence-corrected chi connectivity index (χ1v) is 5.22. The summed E-state index contributed by atoms with van der Waals surface area (Å²) in [4.78, 5) is 13.8. The zero-order chi connectivity index (χ0) is 10.1. The fraction of sp³-hybridized carbons (Fsp3) is 0.909. The molecule has 13 heavy (non-hydrogen) atoms. The van der Waals surface area contributed by atoms with Crippen molar-refractivity contribution in [3.8, 4) is 0 Å². The molecule has 0 atom stereocenters. The Morgan fingerprint density at radius 1 is 1.38 bits per heavy atom. The number of carbonyl (C=O) groups excluding carboxylic acids is 1. The molecule has 1 amide bonds. The summed E-state index contributed by atoms with van der Waals surface area (Å²) >= 11 is 0. The van der Waals surface area contributed by atoms with Gasteiger partial charge < -0.3 is 4.90 Å². The highest BCUT2D eigenvalue weighted by Gasteiger charge is 2.29. The molecule has 1 aliphatic rings. The van der Waals surface area contributed by atoms with Gasteiger partial charge in [-0.3, -0.25) is 4.79 Å². The van der Waals surface area contributed by atoms with Crippen molar-refractivity contribution >= 4 is 5.91 Å². The van der Waals surface area contributed by atoms with E-state index >= 15 is 0 Å². The van der Waals surface area contributed by atoms with Gasteiger partial charge in [-0.2, -0.15) is 0 Å². The highest BCUT2D eigenvalue weighted by Crippen LogP contribution is 2.30. The Bertz CT molecular complexity index is 196. The number of hydrogen-bond acceptors (Lipinski definition) is 1. The Morgan fingerprint density at radius 3 is 2.54 bits per heavy atom. The van der Waals surface area contributed by atoms with Crippen LogP contribution in [0.2, 0.25) is 0 Å². The Labute approximate surface area is 81.3 Å². The van der Waals surface area contributed by atoms with Crippen LogP contribution in [0.15, 0.2) is 0 Å². The lowest BCUT2D eigenvalue weighted by Gasteiger charge is -2.26. The van der Waals surface area contributed by atoms with Gasteiger partial charge in [0.1, 0.15) is 0 Å². The lowest BCUT2D eigenvalue weighted by molar-refractivity contribution is -0.133. The van der Waals surface area contributed by atoms with E-state index in [-0.39, 0.29) is 5.41 Å². The summed E-state index contributed by atoms with van der Waals surface area (Å²) in [5.41, 5.74) is 0.209. The van der Waals surface area contributed by atoms with Crippen LogP contribution in [0.1, 0.15) is 47.0 Å². The number of carbonyl (C=O) groups is 1. The van der Waals surface area contributed by atoms with Gasteiger partial charge in [-0.15, -0.1) is 0 Å². The number of amides is 1. The third-order valence-corrected chi connectivity index (χ3v) is 2.83. The van der Waals surface area contributed by atoms with E-state index < -0.39 is 0 Å². The molecule has 0 bridgehead atoms. The van der Waals surface area contributed by atoms with Gasteiger partial charge in [-0.25, -0.2) is 0 Å². The molecule has 0 saturated carbocycles. The zero-order valence-corrected chi connectivity index (χ0v) is 9.26. The maximum Gasteiger partial charge on any atom is 0.223 e. The third-order valence-electron chi connectivity index (χ3n) is 2.83. The molecular weight excluding hydrogens is 162 g/mol. The quantitative estimate of drug-likeness (QED) is 0.611. The summed E-state index contributed by atoms with van der Waals surface area (Å²) < 4.78 is 0. The summed E-state index contributed by atoms with van der Waals surface area (Å²) in [6, 6.07) is 0.362. The lowest BCUT2D eigenvalue weighted by Crippen LogP contribution is -2.37. The average molecular weight is 183 g/mol. The molecule has 2 heteroatoms.